The molecule has 0 bridgehead atoms. The van der Waals surface area contributed by atoms with E-state index in [1.807, 2.05) is 6.92 Å². The summed E-state index contributed by atoms with van der Waals surface area (Å²) in [6, 6.07) is 0. The van der Waals surface area contributed by atoms with Gasteiger partial charge in [0.2, 0.25) is 0 Å². The molecule has 0 aliphatic heterocycles. The van der Waals surface area contributed by atoms with E-state index < -0.39 is 11.6 Å². The Labute approximate surface area is 127 Å². The highest BCUT2D eigenvalue weighted by atomic mass is 35.5. The van der Waals surface area contributed by atoms with Gasteiger partial charge in [-0.2, -0.15) is 0 Å². The summed E-state index contributed by atoms with van der Waals surface area (Å²) in [5, 5.41) is 0. The van der Waals surface area contributed by atoms with Crippen LogP contribution in [0.5, 0.6) is 0 Å². The van der Waals surface area contributed by atoms with E-state index in [0.717, 1.165) is 19.3 Å². The Bertz CT molecular complexity index is 316. The molecule has 0 unspecified atom stereocenters. The summed E-state index contributed by atoms with van der Waals surface area (Å²) in [7, 11) is 0. The van der Waals surface area contributed by atoms with Crippen molar-refractivity contribution in [3.8, 4) is 0 Å². The van der Waals surface area contributed by atoms with Gasteiger partial charge in [0, 0.05) is 6.54 Å². The molecule has 0 N–H and O–H groups in total. The average Bonchev–Trinajstić information content (AvgIpc) is 2.41. The third kappa shape index (κ3) is 4.01. The number of ether oxygens (including phenoxy) is 2. The number of esters is 1. The first-order valence-electron chi connectivity index (χ1n) is 7.24. The first-order chi connectivity index (χ1) is 9.12. The second-order valence-corrected chi connectivity index (χ2v) is 4.76. The van der Waals surface area contributed by atoms with E-state index in [-0.39, 0.29) is 18.4 Å². The van der Waals surface area contributed by atoms with Gasteiger partial charge in [0.05, 0.1) is 13.2 Å². The maximum Gasteiger partial charge on any atom is 0.410 e. The van der Waals surface area contributed by atoms with Gasteiger partial charge >= 0.3 is 12.1 Å². The molecule has 20 heavy (non-hydrogen) atoms. The van der Waals surface area contributed by atoms with E-state index in [9.17, 15) is 9.59 Å². The molecule has 1 aliphatic carbocycles. The fourth-order valence-corrected chi connectivity index (χ4v) is 2.79. The molecule has 1 aliphatic rings. The monoisotopic (exact) mass is 307 g/mol. The minimum Gasteiger partial charge on any atom is -0.464 e. The van der Waals surface area contributed by atoms with Crippen LogP contribution in [0.15, 0.2) is 0 Å². The summed E-state index contributed by atoms with van der Waals surface area (Å²) in [4.78, 5) is 26.0. The summed E-state index contributed by atoms with van der Waals surface area (Å²) in [5.74, 6) is -0.287. The van der Waals surface area contributed by atoms with Crippen LogP contribution in [0.2, 0.25) is 0 Å². The van der Waals surface area contributed by atoms with E-state index in [4.69, 9.17) is 9.47 Å². The number of halogens is 1. The molecular weight excluding hydrogens is 282 g/mol. The third-order valence-corrected chi connectivity index (χ3v) is 3.66. The van der Waals surface area contributed by atoms with Crippen LogP contribution in [0.25, 0.3) is 0 Å². The van der Waals surface area contributed by atoms with Crippen LogP contribution in [-0.2, 0) is 14.3 Å². The lowest BCUT2D eigenvalue weighted by molar-refractivity contribution is -0.159. The van der Waals surface area contributed by atoms with Gasteiger partial charge in [0.25, 0.3) is 0 Å². The van der Waals surface area contributed by atoms with E-state index in [1.54, 1.807) is 18.7 Å². The fraction of sp³-hybridized carbons (Fsp3) is 0.857. The predicted octanol–water partition coefficient (Wildman–Crippen LogP) is 3.15. The van der Waals surface area contributed by atoms with Crippen molar-refractivity contribution in [2.24, 2.45) is 0 Å². The summed E-state index contributed by atoms with van der Waals surface area (Å²) in [6.45, 7) is 6.53. The maximum atomic E-state index is 12.4. The van der Waals surface area contributed by atoms with Gasteiger partial charge < -0.3 is 9.47 Å². The van der Waals surface area contributed by atoms with Crippen LogP contribution >= 0.6 is 12.4 Å². The van der Waals surface area contributed by atoms with E-state index in [2.05, 4.69) is 0 Å². The zero-order valence-corrected chi connectivity index (χ0v) is 13.5. The number of rotatable bonds is 5. The highest BCUT2D eigenvalue weighted by Crippen LogP contribution is 2.35. The van der Waals surface area contributed by atoms with Crippen molar-refractivity contribution in [1.82, 2.24) is 4.90 Å². The lowest BCUT2D eigenvalue weighted by atomic mass is 9.80. The number of hydrogen-bond donors (Lipinski definition) is 0. The molecule has 6 heteroatoms. The van der Waals surface area contributed by atoms with Crippen molar-refractivity contribution >= 4 is 24.5 Å². The first-order valence-corrected chi connectivity index (χ1v) is 7.24. The number of carbonyl (C=O) groups excluding carboxylic acids is 2. The standard InChI is InChI=1S/C14H25NO4.ClH/c1-4-15(13(17)19-6-3)14(12(16)18-5-2)10-8-7-9-11-14;/h4-11H2,1-3H3;1H. The highest BCUT2D eigenvalue weighted by Gasteiger charge is 2.48. The Morgan fingerprint density at radius 1 is 1.00 bits per heavy atom. The normalized spacial score (nSPS) is 16.8. The molecule has 1 fully saturated rings. The Hall–Kier alpha value is -0.970. The Balaban J connectivity index is 0.00000361. The largest absolute Gasteiger partial charge is 0.464 e. The summed E-state index contributed by atoms with van der Waals surface area (Å²) < 4.78 is 10.3. The number of nitrogens with zero attached hydrogens (tertiary/aromatic N) is 1. The molecule has 5 nitrogen and oxygen atoms in total. The lowest BCUT2D eigenvalue weighted by Crippen LogP contribution is -2.58. The van der Waals surface area contributed by atoms with Crippen molar-refractivity contribution < 1.29 is 19.1 Å². The molecule has 0 radical (unpaired) electrons. The minimum atomic E-state index is -0.824. The molecule has 0 spiro atoms. The molecule has 0 saturated heterocycles. The van der Waals surface area contributed by atoms with Crippen LogP contribution in [0.1, 0.15) is 52.9 Å². The molecule has 118 valence electrons. The Kier molecular flexibility index (Phi) is 8.62. The van der Waals surface area contributed by atoms with Crippen molar-refractivity contribution in [1.29, 1.82) is 0 Å². The van der Waals surface area contributed by atoms with Crippen LogP contribution in [-0.4, -0.2) is 42.3 Å². The van der Waals surface area contributed by atoms with E-state index in [0.29, 0.717) is 32.6 Å². The second kappa shape index (κ2) is 9.06. The minimum absolute atomic E-state index is 0. The van der Waals surface area contributed by atoms with Crippen molar-refractivity contribution in [3.05, 3.63) is 0 Å². The van der Waals surface area contributed by atoms with Gasteiger partial charge in [-0.1, -0.05) is 19.3 Å². The van der Waals surface area contributed by atoms with Crippen molar-refractivity contribution in [2.75, 3.05) is 19.8 Å². The summed E-state index contributed by atoms with van der Waals surface area (Å²) >= 11 is 0. The number of likely N-dealkylation sites (N-methyl/N-ethyl adjacent to an activating group) is 1. The van der Waals surface area contributed by atoms with Crippen LogP contribution in [0, 0.1) is 0 Å². The van der Waals surface area contributed by atoms with Gasteiger partial charge in [-0.3, -0.25) is 4.90 Å². The SMILES string of the molecule is CCOC(=O)N(CC)C1(C(=O)OCC)CCCCC1.Cl. The Morgan fingerprint density at radius 3 is 2.00 bits per heavy atom. The molecule has 0 aromatic rings. The molecule has 1 saturated carbocycles. The van der Waals surface area contributed by atoms with Gasteiger partial charge in [-0.25, -0.2) is 9.59 Å². The van der Waals surface area contributed by atoms with Gasteiger partial charge in [-0.15, -0.1) is 12.4 Å². The molecule has 0 aromatic carbocycles. The number of amides is 1. The quantitative estimate of drug-likeness (QED) is 0.732. The van der Waals surface area contributed by atoms with Crippen LogP contribution in [0.4, 0.5) is 4.79 Å². The van der Waals surface area contributed by atoms with Crippen molar-refractivity contribution in [3.63, 3.8) is 0 Å². The van der Waals surface area contributed by atoms with E-state index in [1.165, 1.54) is 0 Å². The topological polar surface area (TPSA) is 55.8 Å². The Morgan fingerprint density at radius 2 is 1.55 bits per heavy atom. The lowest BCUT2D eigenvalue weighted by Gasteiger charge is -2.42. The molecule has 0 aromatic heterocycles. The third-order valence-electron chi connectivity index (χ3n) is 3.66. The van der Waals surface area contributed by atoms with Crippen molar-refractivity contribution in [2.45, 2.75) is 58.4 Å². The second-order valence-electron chi connectivity index (χ2n) is 4.76. The summed E-state index contributed by atoms with van der Waals surface area (Å²) in [5.41, 5.74) is -0.824. The zero-order chi connectivity index (χ0) is 14.3. The van der Waals surface area contributed by atoms with Gasteiger partial charge in [-0.05, 0) is 33.6 Å². The van der Waals surface area contributed by atoms with Crippen LogP contribution in [0.3, 0.4) is 0 Å². The molecular formula is C14H26ClNO4. The number of hydrogen-bond acceptors (Lipinski definition) is 4. The van der Waals surface area contributed by atoms with Gasteiger partial charge in [0.1, 0.15) is 5.54 Å². The highest BCUT2D eigenvalue weighted by molar-refractivity contribution is 5.86. The van der Waals surface area contributed by atoms with Crippen LogP contribution < -0.4 is 0 Å². The molecule has 1 rings (SSSR count). The average molecular weight is 308 g/mol. The number of carbonyl (C=O) groups is 2. The predicted molar refractivity (Wildman–Crippen MR) is 79.1 cm³/mol. The first kappa shape index (κ1) is 19.0. The molecule has 0 atom stereocenters. The molecule has 1 amide bonds. The van der Waals surface area contributed by atoms with E-state index >= 15 is 0 Å². The smallest absolute Gasteiger partial charge is 0.410 e. The summed E-state index contributed by atoms with van der Waals surface area (Å²) in [6.07, 6.45) is 3.89. The maximum absolute atomic E-state index is 12.4. The zero-order valence-electron chi connectivity index (χ0n) is 12.6. The van der Waals surface area contributed by atoms with Gasteiger partial charge in [0.15, 0.2) is 0 Å². The fourth-order valence-electron chi connectivity index (χ4n) is 2.79. The molecule has 0 heterocycles.